The van der Waals surface area contributed by atoms with Crippen molar-refractivity contribution in [1.82, 2.24) is 5.32 Å². The molecular formula is C18H29NO. The van der Waals surface area contributed by atoms with Crippen LogP contribution < -0.4 is 10.1 Å². The molecule has 0 amide bonds. The Morgan fingerprint density at radius 2 is 2.05 bits per heavy atom. The van der Waals surface area contributed by atoms with Crippen molar-refractivity contribution in [2.45, 2.75) is 40.5 Å². The van der Waals surface area contributed by atoms with Crippen LogP contribution >= 0.6 is 0 Å². The lowest BCUT2D eigenvalue weighted by atomic mass is 10.1. The number of nitrogens with one attached hydrogen (secondary N) is 1. The number of para-hydroxylation sites is 1. The van der Waals surface area contributed by atoms with E-state index in [1.165, 1.54) is 11.1 Å². The van der Waals surface area contributed by atoms with Crippen LogP contribution in [0.1, 0.15) is 46.1 Å². The lowest BCUT2D eigenvalue weighted by Gasteiger charge is -2.11. The summed E-state index contributed by atoms with van der Waals surface area (Å²) in [5.74, 6) is 1.71. The molecule has 0 radical (unpaired) electrons. The number of benzene rings is 1. The van der Waals surface area contributed by atoms with Gasteiger partial charge in [0.25, 0.3) is 0 Å². The van der Waals surface area contributed by atoms with Crippen molar-refractivity contribution in [3.63, 3.8) is 0 Å². The lowest BCUT2D eigenvalue weighted by molar-refractivity contribution is 0.316. The van der Waals surface area contributed by atoms with Crippen LogP contribution in [0.2, 0.25) is 0 Å². The van der Waals surface area contributed by atoms with Gasteiger partial charge in [0.1, 0.15) is 5.75 Å². The molecule has 0 aliphatic carbocycles. The fourth-order valence-electron chi connectivity index (χ4n) is 2.02. The average Bonchev–Trinajstić information content (AvgIpc) is 2.44. The number of hydrogen-bond donors (Lipinski definition) is 1. The fraction of sp³-hybridized carbons (Fsp3) is 0.556. The van der Waals surface area contributed by atoms with Gasteiger partial charge in [-0.1, -0.05) is 45.0 Å². The maximum absolute atomic E-state index is 5.81. The molecule has 0 fully saturated rings. The van der Waals surface area contributed by atoms with Crippen molar-refractivity contribution in [2.75, 3.05) is 19.7 Å². The summed E-state index contributed by atoms with van der Waals surface area (Å²) in [6, 6.07) is 8.30. The van der Waals surface area contributed by atoms with E-state index in [0.29, 0.717) is 5.92 Å². The van der Waals surface area contributed by atoms with Gasteiger partial charge >= 0.3 is 0 Å². The van der Waals surface area contributed by atoms with Crippen molar-refractivity contribution in [2.24, 2.45) is 5.92 Å². The molecule has 0 aliphatic rings. The molecule has 2 nitrogen and oxygen atoms in total. The molecular weight excluding hydrogens is 246 g/mol. The van der Waals surface area contributed by atoms with Crippen LogP contribution in [0.25, 0.3) is 5.57 Å². The van der Waals surface area contributed by atoms with Crippen molar-refractivity contribution in [3.8, 4) is 5.75 Å². The zero-order valence-corrected chi connectivity index (χ0v) is 13.4. The molecule has 2 heteroatoms. The Hall–Kier alpha value is -1.28. The topological polar surface area (TPSA) is 21.3 Å². The summed E-state index contributed by atoms with van der Waals surface area (Å²) < 4.78 is 5.81. The number of ether oxygens (including phenoxy) is 1. The number of hydrogen-bond acceptors (Lipinski definition) is 2. The van der Waals surface area contributed by atoms with Crippen molar-refractivity contribution < 1.29 is 4.74 Å². The van der Waals surface area contributed by atoms with Crippen molar-refractivity contribution in [3.05, 3.63) is 35.9 Å². The molecule has 0 spiro atoms. The second kappa shape index (κ2) is 9.60. The summed E-state index contributed by atoms with van der Waals surface area (Å²) in [7, 11) is 0. The molecule has 0 atom stereocenters. The largest absolute Gasteiger partial charge is 0.493 e. The van der Waals surface area contributed by atoms with Gasteiger partial charge in [-0.25, -0.2) is 0 Å². The van der Waals surface area contributed by atoms with Gasteiger partial charge in [0, 0.05) is 5.56 Å². The van der Waals surface area contributed by atoms with E-state index < -0.39 is 0 Å². The molecule has 1 aromatic rings. The van der Waals surface area contributed by atoms with Crippen LogP contribution in [0.3, 0.4) is 0 Å². The summed E-state index contributed by atoms with van der Waals surface area (Å²) in [5, 5.41) is 3.46. The molecule has 20 heavy (non-hydrogen) atoms. The minimum atomic E-state index is 0.711. The zero-order chi connectivity index (χ0) is 14.8. The van der Waals surface area contributed by atoms with Crippen molar-refractivity contribution >= 4 is 5.57 Å². The van der Waals surface area contributed by atoms with Gasteiger partial charge in [-0.2, -0.15) is 0 Å². The molecule has 1 aromatic carbocycles. The Labute approximate surface area is 124 Å². The van der Waals surface area contributed by atoms with Gasteiger partial charge in [0.2, 0.25) is 0 Å². The van der Waals surface area contributed by atoms with Crippen LogP contribution in [-0.4, -0.2) is 19.7 Å². The molecule has 1 rings (SSSR count). The molecule has 0 aliphatic heterocycles. The van der Waals surface area contributed by atoms with Crippen molar-refractivity contribution in [1.29, 1.82) is 0 Å². The highest BCUT2D eigenvalue weighted by Crippen LogP contribution is 2.25. The summed E-state index contributed by atoms with van der Waals surface area (Å²) in [5.41, 5.74) is 2.51. The highest BCUT2D eigenvalue weighted by molar-refractivity contribution is 5.68. The highest BCUT2D eigenvalue weighted by Gasteiger charge is 2.04. The second-order valence-electron chi connectivity index (χ2n) is 5.62. The van der Waals surface area contributed by atoms with Gasteiger partial charge in [-0.15, -0.1) is 0 Å². The summed E-state index contributed by atoms with van der Waals surface area (Å²) in [6.07, 6.45) is 4.39. The molecule has 0 saturated heterocycles. The molecule has 0 unspecified atom stereocenters. The maximum atomic E-state index is 5.81. The quantitative estimate of drug-likeness (QED) is 0.669. The molecule has 0 saturated carbocycles. The van der Waals surface area contributed by atoms with E-state index in [9.17, 15) is 0 Å². The Bertz CT molecular complexity index is 410. The number of rotatable bonds is 9. The van der Waals surface area contributed by atoms with Crippen LogP contribution in [0.4, 0.5) is 0 Å². The van der Waals surface area contributed by atoms with Crippen LogP contribution in [0, 0.1) is 5.92 Å². The fourth-order valence-corrected chi connectivity index (χ4v) is 2.02. The Morgan fingerprint density at radius 3 is 2.75 bits per heavy atom. The normalized spacial score (nSPS) is 11.9. The van der Waals surface area contributed by atoms with Crippen LogP contribution in [0.5, 0.6) is 5.75 Å². The smallest absolute Gasteiger partial charge is 0.126 e. The SMILES string of the molecule is CCCOc1ccccc1/C(C)=C/CCNCC(C)C. The maximum Gasteiger partial charge on any atom is 0.126 e. The summed E-state index contributed by atoms with van der Waals surface area (Å²) in [4.78, 5) is 0. The minimum Gasteiger partial charge on any atom is -0.493 e. The van der Waals surface area contributed by atoms with E-state index >= 15 is 0 Å². The summed E-state index contributed by atoms with van der Waals surface area (Å²) in [6.45, 7) is 11.7. The standard InChI is InChI=1S/C18H29NO/c1-5-13-20-18-11-7-6-10-17(18)16(4)9-8-12-19-14-15(2)3/h6-7,9-11,15,19H,5,8,12-14H2,1-4H3/b16-9+. The van der Waals surface area contributed by atoms with Crippen LogP contribution in [0.15, 0.2) is 30.3 Å². The predicted molar refractivity (Wildman–Crippen MR) is 88.2 cm³/mol. The van der Waals surface area contributed by atoms with Gasteiger partial charge in [-0.3, -0.25) is 0 Å². The molecule has 1 N–H and O–H groups in total. The van der Waals surface area contributed by atoms with Gasteiger partial charge in [-0.05, 0) is 50.4 Å². The zero-order valence-electron chi connectivity index (χ0n) is 13.4. The first-order chi connectivity index (χ1) is 9.65. The Balaban J connectivity index is 2.55. The van der Waals surface area contributed by atoms with E-state index in [1.54, 1.807) is 0 Å². The first-order valence-corrected chi connectivity index (χ1v) is 7.74. The van der Waals surface area contributed by atoms with Gasteiger partial charge in [0.05, 0.1) is 6.61 Å². The third-order valence-corrected chi connectivity index (χ3v) is 3.10. The number of allylic oxidation sites excluding steroid dienone is 1. The Kier molecular flexibility index (Phi) is 8.05. The predicted octanol–water partition coefficient (Wildman–Crippen LogP) is 4.51. The highest BCUT2D eigenvalue weighted by atomic mass is 16.5. The molecule has 0 aromatic heterocycles. The van der Waals surface area contributed by atoms with Gasteiger partial charge < -0.3 is 10.1 Å². The molecule has 112 valence electrons. The average molecular weight is 275 g/mol. The minimum absolute atomic E-state index is 0.711. The second-order valence-corrected chi connectivity index (χ2v) is 5.62. The lowest BCUT2D eigenvalue weighted by Crippen LogP contribution is -2.20. The monoisotopic (exact) mass is 275 g/mol. The van der Waals surface area contributed by atoms with E-state index in [2.05, 4.69) is 57.3 Å². The molecule has 0 bridgehead atoms. The summed E-state index contributed by atoms with van der Waals surface area (Å²) >= 11 is 0. The van der Waals surface area contributed by atoms with E-state index in [4.69, 9.17) is 4.74 Å². The first-order valence-electron chi connectivity index (χ1n) is 7.74. The third-order valence-electron chi connectivity index (χ3n) is 3.10. The third kappa shape index (κ3) is 6.25. The van der Waals surface area contributed by atoms with E-state index in [-0.39, 0.29) is 0 Å². The first kappa shape index (κ1) is 16.8. The van der Waals surface area contributed by atoms with Gasteiger partial charge in [0.15, 0.2) is 0 Å². The molecule has 0 heterocycles. The van der Waals surface area contributed by atoms with Crippen LogP contribution in [-0.2, 0) is 0 Å². The van der Waals surface area contributed by atoms with E-state index in [0.717, 1.165) is 38.3 Å². The van der Waals surface area contributed by atoms with E-state index in [1.807, 2.05) is 6.07 Å². The Morgan fingerprint density at radius 1 is 1.30 bits per heavy atom.